The quantitative estimate of drug-likeness (QED) is 0.267. The predicted octanol–water partition coefficient (Wildman–Crippen LogP) is 6.34. The number of carbonyl (C=O) groups excluding carboxylic acids is 1. The van der Waals surface area contributed by atoms with Gasteiger partial charge in [0.05, 0.1) is 39.3 Å². The van der Waals surface area contributed by atoms with Crippen LogP contribution in [0.2, 0.25) is 5.02 Å². The number of likely N-dealkylation sites (tertiary alicyclic amines) is 1. The lowest BCUT2D eigenvalue weighted by atomic mass is 9.88. The van der Waals surface area contributed by atoms with Crippen LogP contribution in [0.4, 0.5) is 4.39 Å². The molecule has 7 rings (SSSR count). The van der Waals surface area contributed by atoms with Crippen molar-refractivity contribution in [2.75, 3.05) is 13.1 Å². The first-order chi connectivity index (χ1) is 20.3. The summed E-state index contributed by atoms with van der Waals surface area (Å²) in [6, 6.07) is 10.7. The molecule has 2 aliphatic carbocycles. The van der Waals surface area contributed by atoms with Crippen molar-refractivity contribution in [3.05, 3.63) is 86.0 Å². The maximum Gasteiger partial charge on any atom is 0.262 e. The van der Waals surface area contributed by atoms with E-state index in [4.69, 9.17) is 11.6 Å². The molecule has 0 spiro atoms. The molecular weight excluding hydrogens is 573 g/mol. The average molecular weight is 606 g/mol. The molecule has 1 unspecified atom stereocenters. The Morgan fingerprint density at radius 1 is 1.14 bits per heavy atom. The maximum atomic E-state index is 13.5. The number of rotatable bonds is 7. The normalized spacial score (nSPS) is 18.8. The molecule has 1 aliphatic heterocycles. The van der Waals surface area contributed by atoms with E-state index in [9.17, 15) is 19.1 Å². The van der Waals surface area contributed by atoms with Crippen LogP contribution in [0.3, 0.4) is 0 Å². The first kappa shape index (κ1) is 27.7. The number of fused-ring (bicyclic) bond motifs is 2. The fourth-order valence-electron chi connectivity index (χ4n) is 6.80. The third-order valence-corrected chi connectivity index (χ3v) is 10.9. The summed E-state index contributed by atoms with van der Waals surface area (Å²) in [5, 5.41) is 14.6. The monoisotopic (exact) mass is 605 g/mol. The zero-order valence-electron chi connectivity index (χ0n) is 23.3. The summed E-state index contributed by atoms with van der Waals surface area (Å²) >= 11 is 8.27. The van der Waals surface area contributed by atoms with E-state index in [2.05, 4.69) is 11.1 Å². The standard InChI is InChI=1S/C33H33ClFN3O3S/c34-29-24-3-1-2-20(24)8-11-25(29)31-30-27(17-42-31)32(40)38(19-36-30)18-33(41)12-14-37(15-13-33)28(39)16-26(21-4-5-21)22-6-9-23(35)10-7-22/h6-11,17,19,21,26,41H,1-5,12-16,18H2. The molecule has 6 nitrogen and oxygen atoms in total. The molecule has 2 aromatic carbocycles. The van der Waals surface area contributed by atoms with Crippen molar-refractivity contribution in [1.82, 2.24) is 14.5 Å². The van der Waals surface area contributed by atoms with E-state index < -0.39 is 5.60 Å². The number of thiophene rings is 1. The zero-order chi connectivity index (χ0) is 29.0. The van der Waals surface area contributed by atoms with Crippen molar-refractivity contribution in [1.29, 1.82) is 0 Å². The highest BCUT2D eigenvalue weighted by molar-refractivity contribution is 7.15. The Hall–Kier alpha value is -3.07. The summed E-state index contributed by atoms with van der Waals surface area (Å²) in [5.74, 6) is 0.352. The number of halogens is 2. The number of hydrogen-bond donors (Lipinski definition) is 1. The number of aryl methyl sites for hydroxylation is 1. The molecule has 1 N–H and O–H groups in total. The van der Waals surface area contributed by atoms with Crippen LogP contribution in [-0.4, -0.2) is 44.2 Å². The van der Waals surface area contributed by atoms with Crippen LogP contribution < -0.4 is 5.56 Å². The lowest BCUT2D eigenvalue weighted by Gasteiger charge is -2.39. The Bertz CT molecular complexity index is 1720. The molecule has 2 aromatic heterocycles. The van der Waals surface area contributed by atoms with Crippen molar-refractivity contribution < 1.29 is 14.3 Å². The van der Waals surface area contributed by atoms with Gasteiger partial charge in [-0.1, -0.05) is 35.9 Å². The summed E-state index contributed by atoms with van der Waals surface area (Å²) in [6.45, 7) is 0.988. The summed E-state index contributed by atoms with van der Waals surface area (Å²) in [5.41, 5.74) is 3.79. The van der Waals surface area contributed by atoms with Crippen molar-refractivity contribution >= 4 is 39.7 Å². The van der Waals surface area contributed by atoms with Crippen molar-refractivity contribution in [2.45, 2.75) is 69.4 Å². The van der Waals surface area contributed by atoms with E-state index >= 15 is 0 Å². The largest absolute Gasteiger partial charge is 0.388 e. The topological polar surface area (TPSA) is 75.4 Å². The summed E-state index contributed by atoms with van der Waals surface area (Å²) < 4.78 is 14.9. The van der Waals surface area contributed by atoms with Crippen LogP contribution >= 0.6 is 22.9 Å². The van der Waals surface area contributed by atoms with Gasteiger partial charge in [-0.05, 0) is 85.6 Å². The molecule has 1 saturated heterocycles. The fraction of sp³-hybridized carbons (Fsp3) is 0.424. The van der Waals surface area contributed by atoms with Crippen LogP contribution in [0, 0.1) is 11.7 Å². The Morgan fingerprint density at radius 3 is 2.64 bits per heavy atom. The summed E-state index contributed by atoms with van der Waals surface area (Å²) in [4.78, 5) is 34.1. The second-order valence-electron chi connectivity index (χ2n) is 12.2. The highest BCUT2D eigenvalue weighted by Gasteiger charge is 2.38. The van der Waals surface area contributed by atoms with Crippen LogP contribution in [0.25, 0.3) is 21.3 Å². The van der Waals surface area contributed by atoms with Crippen LogP contribution in [0.1, 0.15) is 61.1 Å². The first-order valence-electron chi connectivity index (χ1n) is 14.8. The van der Waals surface area contributed by atoms with Gasteiger partial charge in [0.25, 0.3) is 5.56 Å². The number of piperidine rings is 1. The van der Waals surface area contributed by atoms with Gasteiger partial charge in [0.2, 0.25) is 5.91 Å². The summed E-state index contributed by atoms with van der Waals surface area (Å²) in [7, 11) is 0. The van der Waals surface area contributed by atoms with Gasteiger partial charge in [-0.15, -0.1) is 11.3 Å². The van der Waals surface area contributed by atoms with E-state index in [1.54, 1.807) is 12.1 Å². The average Bonchev–Trinajstić information content (AvgIpc) is 3.54. The van der Waals surface area contributed by atoms with Crippen molar-refractivity contribution in [2.24, 2.45) is 5.92 Å². The van der Waals surface area contributed by atoms with Crippen LogP contribution in [0.5, 0.6) is 0 Å². The van der Waals surface area contributed by atoms with Crippen LogP contribution in [0.15, 0.2) is 52.9 Å². The number of aromatic nitrogens is 2. The van der Waals surface area contributed by atoms with Gasteiger partial charge in [-0.3, -0.25) is 14.2 Å². The van der Waals surface area contributed by atoms with Gasteiger partial charge >= 0.3 is 0 Å². The van der Waals surface area contributed by atoms with Crippen molar-refractivity contribution in [3.8, 4) is 10.4 Å². The van der Waals surface area contributed by atoms with Gasteiger partial charge in [0.1, 0.15) is 5.82 Å². The van der Waals surface area contributed by atoms with E-state index in [1.165, 1.54) is 45.5 Å². The molecule has 0 radical (unpaired) electrons. The highest BCUT2D eigenvalue weighted by atomic mass is 35.5. The SMILES string of the molecule is O=C(CC(c1ccc(F)cc1)C1CC1)N1CCC(O)(Cn2cnc3c(-c4ccc5c(c4Cl)CCC5)scc3c2=O)CC1. The number of nitrogens with zero attached hydrogens (tertiary/aromatic N) is 3. The smallest absolute Gasteiger partial charge is 0.262 e. The molecule has 218 valence electrons. The lowest BCUT2D eigenvalue weighted by Crippen LogP contribution is -2.49. The number of aliphatic hydroxyl groups is 1. The van der Waals surface area contributed by atoms with E-state index in [-0.39, 0.29) is 29.7 Å². The zero-order valence-corrected chi connectivity index (χ0v) is 24.9. The Kier molecular flexibility index (Phi) is 7.19. The summed E-state index contributed by atoms with van der Waals surface area (Å²) in [6.07, 6.45) is 8.00. The first-order valence-corrected chi connectivity index (χ1v) is 16.1. The molecule has 9 heteroatoms. The van der Waals surface area contributed by atoms with Gasteiger partial charge < -0.3 is 10.0 Å². The number of amides is 1. The maximum absolute atomic E-state index is 13.5. The molecule has 1 atom stereocenters. The van der Waals surface area contributed by atoms with E-state index in [1.807, 2.05) is 16.3 Å². The number of hydrogen-bond acceptors (Lipinski definition) is 5. The molecule has 42 heavy (non-hydrogen) atoms. The van der Waals surface area contributed by atoms with Gasteiger partial charge in [-0.2, -0.15) is 0 Å². The highest BCUT2D eigenvalue weighted by Crippen LogP contribution is 2.45. The third kappa shape index (κ3) is 5.18. The Labute approximate surface area is 252 Å². The van der Waals surface area contributed by atoms with Crippen molar-refractivity contribution in [3.63, 3.8) is 0 Å². The molecule has 1 saturated carbocycles. The lowest BCUT2D eigenvalue weighted by molar-refractivity contribution is -0.136. The molecule has 2 fully saturated rings. The fourth-order valence-corrected chi connectivity index (χ4v) is 8.25. The van der Waals surface area contributed by atoms with Gasteiger partial charge in [-0.25, -0.2) is 9.37 Å². The van der Waals surface area contributed by atoms with E-state index in [0.717, 1.165) is 53.1 Å². The molecular formula is C33H33ClFN3O3S. The predicted molar refractivity (Wildman–Crippen MR) is 164 cm³/mol. The van der Waals surface area contributed by atoms with Gasteiger partial charge in [0, 0.05) is 30.5 Å². The minimum absolute atomic E-state index is 0.0644. The molecule has 3 heterocycles. The molecule has 1 amide bonds. The van der Waals surface area contributed by atoms with Gasteiger partial charge in [0.15, 0.2) is 0 Å². The second kappa shape index (κ2) is 10.9. The minimum Gasteiger partial charge on any atom is -0.388 e. The molecule has 4 aromatic rings. The molecule has 3 aliphatic rings. The van der Waals surface area contributed by atoms with E-state index in [0.29, 0.717) is 49.2 Å². The third-order valence-electron chi connectivity index (χ3n) is 9.44. The van der Waals surface area contributed by atoms with Crippen LogP contribution in [-0.2, 0) is 24.2 Å². The molecule has 0 bridgehead atoms. The Morgan fingerprint density at radius 2 is 1.90 bits per heavy atom. The minimum atomic E-state index is -1.11. The Balaban J connectivity index is 1.04. The number of benzene rings is 2. The number of carbonyl (C=O) groups is 1. The second-order valence-corrected chi connectivity index (χ2v) is 13.5.